The molecule has 0 aromatic heterocycles. The van der Waals surface area contributed by atoms with Gasteiger partial charge in [0.2, 0.25) is 0 Å². The number of nitrogens with one attached hydrogen (secondary N) is 1. The van der Waals surface area contributed by atoms with Crippen LogP contribution in [0.2, 0.25) is 0 Å². The normalized spacial score (nSPS) is 13.1. The number of nitrogens with two attached hydrogens (primary N) is 1. The van der Waals surface area contributed by atoms with Gasteiger partial charge >= 0.3 is 0 Å². The van der Waals surface area contributed by atoms with Gasteiger partial charge in [-0.25, -0.2) is 0 Å². The first kappa shape index (κ1) is 15.1. The molecule has 0 aliphatic rings. The van der Waals surface area contributed by atoms with Crippen molar-refractivity contribution in [1.29, 1.82) is 0 Å². The largest absolute Gasteiger partial charge is 0.409 e. The van der Waals surface area contributed by atoms with E-state index in [-0.39, 0.29) is 11.8 Å². The summed E-state index contributed by atoms with van der Waals surface area (Å²) < 4.78 is 0. The van der Waals surface area contributed by atoms with Gasteiger partial charge in [-0.05, 0) is 18.1 Å². The highest BCUT2D eigenvalue weighted by Crippen LogP contribution is 2.15. The lowest BCUT2D eigenvalue weighted by Gasteiger charge is -2.17. The van der Waals surface area contributed by atoms with Crippen molar-refractivity contribution >= 4 is 5.84 Å². The van der Waals surface area contributed by atoms with Gasteiger partial charge in [0.1, 0.15) is 5.84 Å². The van der Waals surface area contributed by atoms with Gasteiger partial charge in [-0.1, -0.05) is 65.3 Å². The smallest absolute Gasteiger partial charge is 0.147 e. The van der Waals surface area contributed by atoms with E-state index in [2.05, 4.69) is 41.7 Å². The SMILES string of the molecule is Cc1ccc(CNCC(C(N)=NO)c2ccccc2)cc1. The highest BCUT2D eigenvalue weighted by molar-refractivity contribution is 5.87. The minimum absolute atomic E-state index is 0.137. The molecule has 1 unspecified atom stereocenters. The Balaban J connectivity index is 1.98. The minimum Gasteiger partial charge on any atom is -0.409 e. The second-order valence-electron chi connectivity index (χ2n) is 5.10. The maximum absolute atomic E-state index is 8.95. The molecule has 0 saturated carbocycles. The van der Waals surface area contributed by atoms with E-state index in [0.29, 0.717) is 6.54 Å². The Hall–Kier alpha value is -2.33. The van der Waals surface area contributed by atoms with Gasteiger partial charge in [0.05, 0.1) is 5.92 Å². The molecule has 21 heavy (non-hydrogen) atoms. The van der Waals surface area contributed by atoms with E-state index in [9.17, 15) is 0 Å². The molecule has 4 N–H and O–H groups in total. The Morgan fingerprint density at radius 3 is 2.43 bits per heavy atom. The van der Waals surface area contributed by atoms with Crippen molar-refractivity contribution in [3.63, 3.8) is 0 Å². The number of oxime groups is 1. The van der Waals surface area contributed by atoms with Crippen LogP contribution in [0.1, 0.15) is 22.6 Å². The first-order chi connectivity index (χ1) is 10.2. The lowest BCUT2D eigenvalue weighted by Crippen LogP contribution is -2.31. The summed E-state index contributed by atoms with van der Waals surface area (Å²) in [6, 6.07) is 18.2. The van der Waals surface area contributed by atoms with E-state index in [4.69, 9.17) is 10.9 Å². The van der Waals surface area contributed by atoms with Gasteiger partial charge in [-0.15, -0.1) is 0 Å². The molecule has 0 heterocycles. The van der Waals surface area contributed by atoms with Crippen molar-refractivity contribution < 1.29 is 5.21 Å². The van der Waals surface area contributed by atoms with Crippen LogP contribution in [0.25, 0.3) is 0 Å². The van der Waals surface area contributed by atoms with Crippen molar-refractivity contribution in [3.05, 3.63) is 71.3 Å². The fourth-order valence-corrected chi connectivity index (χ4v) is 2.21. The fourth-order valence-electron chi connectivity index (χ4n) is 2.21. The number of aryl methyl sites for hydroxylation is 1. The van der Waals surface area contributed by atoms with E-state index < -0.39 is 0 Å². The van der Waals surface area contributed by atoms with E-state index in [1.54, 1.807) is 0 Å². The predicted molar refractivity (Wildman–Crippen MR) is 85.5 cm³/mol. The quantitative estimate of drug-likeness (QED) is 0.330. The number of amidine groups is 1. The molecule has 0 spiro atoms. The second kappa shape index (κ2) is 7.45. The van der Waals surface area contributed by atoms with Gasteiger partial charge < -0.3 is 16.3 Å². The Kier molecular flexibility index (Phi) is 5.35. The van der Waals surface area contributed by atoms with Crippen LogP contribution in [0.3, 0.4) is 0 Å². The van der Waals surface area contributed by atoms with Crippen molar-refractivity contribution in [3.8, 4) is 0 Å². The molecule has 0 aliphatic heterocycles. The molecule has 0 amide bonds. The molecule has 2 aromatic rings. The molecule has 0 fully saturated rings. The van der Waals surface area contributed by atoms with Gasteiger partial charge in [-0.2, -0.15) is 0 Å². The molecule has 4 heteroatoms. The molecule has 0 saturated heterocycles. The van der Waals surface area contributed by atoms with Crippen molar-refractivity contribution in [2.45, 2.75) is 19.4 Å². The highest BCUT2D eigenvalue weighted by Gasteiger charge is 2.15. The molecule has 0 radical (unpaired) electrons. The molecule has 2 aromatic carbocycles. The van der Waals surface area contributed by atoms with Crippen molar-refractivity contribution in [2.75, 3.05) is 6.54 Å². The summed E-state index contributed by atoms with van der Waals surface area (Å²) in [7, 11) is 0. The molecular formula is C17H21N3O. The lowest BCUT2D eigenvalue weighted by molar-refractivity contribution is 0.315. The molecule has 1 atom stereocenters. The summed E-state index contributed by atoms with van der Waals surface area (Å²) in [6.07, 6.45) is 0. The summed E-state index contributed by atoms with van der Waals surface area (Å²) in [6.45, 7) is 3.44. The van der Waals surface area contributed by atoms with Gasteiger partial charge in [0.15, 0.2) is 0 Å². The van der Waals surface area contributed by atoms with Crippen LogP contribution in [0.4, 0.5) is 0 Å². The lowest BCUT2D eigenvalue weighted by atomic mass is 9.98. The van der Waals surface area contributed by atoms with Crippen LogP contribution >= 0.6 is 0 Å². The molecule has 0 aliphatic carbocycles. The zero-order valence-corrected chi connectivity index (χ0v) is 12.2. The van der Waals surface area contributed by atoms with Crippen molar-refractivity contribution in [1.82, 2.24) is 5.32 Å². The molecule has 2 rings (SSSR count). The Morgan fingerprint density at radius 2 is 1.81 bits per heavy atom. The third kappa shape index (κ3) is 4.33. The maximum atomic E-state index is 8.95. The first-order valence-corrected chi connectivity index (χ1v) is 6.99. The fraction of sp³-hybridized carbons (Fsp3) is 0.235. The number of hydrogen-bond donors (Lipinski definition) is 3. The Morgan fingerprint density at radius 1 is 1.14 bits per heavy atom. The summed E-state index contributed by atoms with van der Waals surface area (Å²) in [4.78, 5) is 0. The second-order valence-corrected chi connectivity index (χ2v) is 5.10. The zero-order chi connectivity index (χ0) is 15.1. The van der Waals surface area contributed by atoms with Gasteiger partial charge in [0.25, 0.3) is 0 Å². The molecule has 4 nitrogen and oxygen atoms in total. The summed E-state index contributed by atoms with van der Waals surface area (Å²) in [5.41, 5.74) is 9.30. The standard InChI is InChI=1S/C17H21N3O/c1-13-7-9-14(10-8-13)11-19-12-16(17(18)20-21)15-5-3-2-4-6-15/h2-10,16,19,21H,11-12H2,1H3,(H2,18,20). The predicted octanol–water partition coefficient (Wildman–Crippen LogP) is 2.61. The highest BCUT2D eigenvalue weighted by atomic mass is 16.4. The molecule has 110 valence electrons. The van der Waals surface area contributed by atoms with Crippen LogP contribution < -0.4 is 11.1 Å². The van der Waals surface area contributed by atoms with E-state index in [1.807, 2.05) is 30.3 Å². The van der Waals surface area contributed by atoms with Crippen LogP contribution in [0, 0.1) is 6.92 Å². The average Bonchev–Trinajstić information content (AvgIpc) is 2.53. The molecular weight excluding hydrogens is 262 g/mol. The van der Waals surface area contributed by atoms with Crippen LogP contribution in [0.15, 0.2) is 59.8 Å². The Labute approximate surface area is 125 Å². The minimum atomic E-state index is -0.137. The average molecular weight is 283 g/mol. The third-order valence-corrected chi connectivity index (χ3v) is 3.47. The monoisotopic (exact) mass is 283 g/mol. The summed E-state index contributed by atoms with van der Waals surface area (Å²) in [5.74, 6) is 0.0826. The number of rotatable bonds is 6. The van der Waals surface area contributed by atoms with E-state index >= 15 is 0 Å². The topological polar surface area (TPSA) is 70.6 Å². The third-order valence-electron chi connectivity index (χ3n) is 3.47. The number of benzene rings is 2. The Bertz CT molecular complexity index is 579. The summed E-state index contributed by atoms with van der Waals surface area (Å²) in [5, 5.41) is 15.5. The van der Waals surface area contributed by atoms with E-state index in [1.165, 1.54) is 11.1 Å². The summed E-state index contributed by atoms with van der Waals surface area (Å²) >= 11 is 0. The first-order valence-electron chi connectivity index (χ1n) is 6.99. The van der Waals surface area contributed by atoms with Gasteiger partial charge in [-0.3, -0.25) is 0 Å². The maximum Gasteiger partial charge on any atom is 0.147 e. The van der Waals surface area contributed by atoms with Crippen LogP contribution in [0.5, 0.6) is 0 Å². The number of nitrogens with zero attached hydrogens (tertiary/aromatic N) is 1. The van der Waals surface area contributed by atoms with Crippen LogP contribution in [-0.2, 0) is 6.54 Å². The zero-order valence-electron chi connectivity index (χ0n) is 12.2. The molecule has 0 bridgehead atoms. The number of hydrogen-bond acceptors (Lipinski definition) is 3. The van der Waals surface area contributed by atoms with Crippen LogP contribution in [-0.4, -0.2) is 17.6 Å². The van der Waals surface area contributed by atoms with E-state index in [0.717, 1.165) is 12.1 Å². The van der Waals surface area contributed by atoms with Gasteiger partial charge in [0, 0.05) is 13.1 Å². The van der Waals surface area contributed by atoms with Crippen molar-refractivity contribution in [2.24, 2.45) is 10.9 Å².